The van der Waals surface area contributed by atoms with E-state index in [0.717, 1.165) is 0 Å². The Balaban J connectivity index is 2.80. The van der Waals surface area contributed by atoms with E-state index in [4.69, 9.17) is 5.11 Å². The van der Waals surface area contributed by atoms with E-state index in [9.17, 15) is 14.4 Å². The number of benzene rings is 1. The molecule has 0 unspecified atom stereocenters. The van der Waals surface area contributed by atoms with Gasteiger partial charge in [-0.2, -0.15) is 0 Å². The van der Waals surface area contributed by atoms with E-state index < -0.39 is 11.6 Å². The molecule has 0 atom stereocenters. The van der Waals surface area contributed by atoms with Crippen LogP contribution in [0, 0.1) is 0 Å². The van der Waals surface area contributed by atoms with E-state index in [1.165, 1.54) is 12.1 Å². The molecule has 5 heteroatoms. The number of hydrogen-bond donors (Lipinski definition) is 1. The summed E-state index contributed by atoms with van der Waals surface area (Å²) in [5.74, 6) is -1.18. The molecule has 0 amide bonds. The molecule has 5 nitrogen and oxygen atoms in total. The van der Waals surface area contributed by atoms with Gasteiger partial charge in [-0.1, -0.05) is 18.2 Å². The van der Waals surface area contributed by atoms with Gasteiger partial charge < -0.3 is 9.84 Å². The fourth-order valence-electron chi connectivity index (χ4n) is 0.801. The predicted octanol–water partition coefficient (Wildman–Crippen LogP) is -0.279. The SMILES string of the molecule is O=CC(O)(C=O)C(=O)Oc1ccccc1. The highest BCUT2D eigenvalue weighted by Gasteiger charge is 2.37. The number of carbonyl (C=O) groups is 3. The van der Waals surface area contributed by atoms with Gasteiger partial charge in [-0.3, -0.25) is 9.59 Å². The van der Waals surface area contributed by atoms with Gasteiger partial charge in [0.05, 0.1) is 0 Å². The summed E-state index contributed by atoms with van der Waals surface area (Å²) in [4.78, 5) is 31.8. The Kier molecular flexibility index (Phi) is 3.30. The van der Waals surface area contributed by atoms with Gasteiger partial charge in [0.25, 0.3) is 5.60 Å². The monoisotopic (exact) mass is 208 g/mol. The molecule has 1 aromatic carbocycles. The molecule has 0 aliphatic rings. The normalized spacial score (nSPS) is 10.5. The second kappa shape index (κ2) is 4.47. The molecule has 0 radical (unpaired) electrons. The quantitative estimate of drug-likeness (QED) is 0.318. The van der Waals surface area contributed by atoms with E-state index in [2.05, 4.69) is 4.74 Å². The molecular formula is C10H8O5. The first-order chi connectivity index (χ1) is 7.12. The zero-order valence-electron chi connectivity index (χ0n) is 7.62. The fraction of sp³-hybridized carbons (Fsp3) is 0.100. The Labute approximate surface area is 85.3 Å². The Bertz CT molecular complexity index is 363. The smallest absolute Gasteiger partial charge is 0.358 e. The molecule has 0 bridgehead atoms. The highest BCUT2D eigenvalue weighted by Crippen LogP contribution is 2.11. The van der Waals surface area contributed by atoms with Crippen LogP contribution in [0.4, 0.5) is 0 Å². The van der Waals surface area contributed by atoms with Crippen molar-refractivity contribution in [2.24, 2.45) is 0 Å². The first-order valence-electron chi connectivity index (χ1n) is 4.05. The molecule has 0 aliphatic carbocycles. The predicted molar refractivity (Wildman–Crippen MR) is 49.2 cm³/mol. The molecule has 0 fully saturated rings. The lowest BCUT2D eigenvalue weighted by atomic mass is 10.1. The van der Waals surface area contributed by atoms with Crippen molar-refractivity contribution < 1.29 is 24.2 Å². The van der Waals surface area contributed by atoms with Crippen LogP contribution in [0.1, 0.15) is 0 Å². The maximum Gasteiger partial charge on any atom is 0.358 e. The molecule has 15 heavy (non-hydrogen) atoms. The molecule has 0 aromatic heterocycles. The highest BCUT2D eigenvalue weighted by molar-refractivity contribution is 6.12. The minimum atomic E-state index is -2.73. The average Bonchev–Trinajstić information content (AvgIpc) is 2.29. The Hall–Kier alpha value is -2.01. The number of carbonyl (C=O) groups excluding carboxylic acids is 3. The number of aldehydes is 2. The Morgan fingerprint density at radius 2 is 1.73 bits per heavy atom. The maximum absolute atomic E-state index is 11.2. The minimum absolute atomic E-state index is 0.143. The van der Waals surface area contributed by atoms with Crippen LogP contribution >= 0.6 is 0 Å². The molecule has 1 N–H and O–H groups in total. The van der Waals surface area contributed by atoms with E-state index in [0.29, 0.717) is 0 Å². The van der Waals surface area contributed by atoms with Crippen molar-refractivity contribution in [1.82, 2.24) is 0 Å². The third-order valence-corrected chi connectivity index (χ3v) is 1.64. The van der Waals surface area contributed by atoms with Crippen LogP contribution in [0.2, 0.25) is 0 Å². The van der Waals surface area contributed by atoms with Crippen LogP contribution < -0.4 is 4.74 Å². The molecule has 78 valence electrons. The fourth-order valence-corrected chi connectivity index (χ4v) is 0.801. The van der Waals surface area contributed by atoms with Gasteiger partial charge in [0.15, 0.2) is 12.6 Å². The van der Waals surface area contributed by atoms with Crippen molar-refractivity contribution in [3.8, 4) is 5.75 Å². The lowest BCUT2D eigenvalue weighted by Gasteiger charge is -2.12. The van der Waals surface area contributed by atoms with E-state index >= 15 is 0 Å². The largest absolute Gasteiger partial charge is 0.424 e. The van der Waals surface area contributed by atoms with Crippen LogP contribution in [0.15, 0.2) is 30.3 Å². The first-order valence-corrected chi connectivity index (χ1v) is 4.05. The Morgan fingerprint density at radius 3 is 2.20 bits per heavy atom. The number of para-hydroxylation sites is 1. The van der Waals surface area contributed by atoms with E-state index in [-0.39, 0.29) is 18.3 Å². The first kappa shape index (κ1) is 11.1. The topological polar surface area (TPSA) is 80.7 Å². The lowest BCUT2D eigenvalue weighted by molar-refractivity contribution is -0.159. The molecule has 0 saturated carbocycles. The van der Waals surface area contributed by atoms with E-state index in [1.807, 2.05) is 0 Å². The molecule has 0 saturated heterocycles. The van der Waals surface area contributed by atoms with Gasteiger partial charge in [0.2, 0.25) is 0 Å². The molecule has 1 aromatic rings. The molecule has 1 rings (SSSR count). The summed E-state index contributed by atoms with van der Waals surface area (Å²) in [7, 11) is 0. The van der Waals surface area contributed by atoms with Crippen LogP contribution in [0.5, 0.6) is 5.75 Å². The van der Waals surface area contributed by atoms with Crippen molar-refractivity contribution in [2.75, 3.05) is 0 Å². The van der Waals surface area contributed by atoms with Gasteiger partial charge >= 0.3 is 5.97 Å². The van der Waals surface area contributed by atoms with Crippen LogP contribution in [-0.2, 0) is 14.4 Å². The summed E-state index contributed by atoms with van der Waals surface area (Å²) in [5.41, 5.74) is -2.73. The summed E-state index contributed by atoms with van der Waals surface area (Å²) in [6, 6.07) is 7.80. The van der Waals surface area contributed by atoms with Gasteiger partial charge in [0, 0.05) is 0 Å². The number of ether oxygens (including phenoxy) is 1. The molecule has 0 aliphatic heterocycles. The number of aliphatic hydroxyl groups is 1. The van der Waals surface area contributed by atoms with Crippen molar-refractivity contribution in [1.29, 1.82) is 0 Å². The summed E-state index contributed by atoms with van der Waals surface area (Å²) < 4.78 is 4.61. The van der Waals surface area contributed by atoms with Gasteiger partial charge in [-0.05, 0) is 12.1 Å². The number of rotatable bonds is 4. The summed E-state index contributed by atoms with van der Waals surface area (Å²) in [5, 5.41) is 9.15. The van der Waals surface area contributed by atoms with Crippen molar-refractivity contribution >= 4 is 18.5 Å². The van der Waals surface area contributed by atoms with Crippen molar-refractivity contribution in [3.63, 3.8) is 0 Å². The summed E-state index contributed by atoms with van der Waals surface area (Å²) in [6.45, 7) is 0. The standard InChI is InChI=1S/C10H8O5/c11-6-10(14,7-12)9(13)15-8-4-2-1-3-5-8/h1-7,14H. The minimum Gasteiger partial charge on any atom is -0.424 e. The second-order valence-electron chi connectivity index (χ2n) is 2.76. The summed E-state index contributed by atoms with van der Waals surface area (Å²) >= 11 is 0. The van der Waals surface area contributed by atoms with Crippen LogP contribution in [0.25, 0.3) is 0 Å². The zero-order valence-corrected chi connectivity index (χ0v) is 7.62. The van der Waals surface area contributed by atoms with Crippen molar-refractivity contribution in [2.45, 2.75) is 5.60 Å². The van der Waals surface area contributed by atoms with Gasteiger partial charge in [-0.15, -0.1) is 0 Å². The van der Waals surface area contributed by atoms with E-state index in [1.54, 1.807) is 18.2 Å². The second-order valence-corrected chi connectivity index (χ2v) is 2.76. The third kappa shape index (κ3) is 2.47. The molecule has 0 heterocycles. The molecule has 0 spiro atoms. The van der Waals surface area contributed by atoms with Gasteiger partial charge in [0.1, 0.15) is 5.75 Å². The zero-order chi connectivity index (χ0) is 11.3. The Morgan fingerprint density at radius 1 is 1.20 bits per heavy atom. The number of hydrogen-bond acceptors (Lipinski definition) is 5. The van der Waals surface area contributed by atoms with Crippen LogP contribution in [0.3, 0.4) is 0 Å². The van der Waals surface area contributed by atoms with Crippen molar-refractivity contribution in [3.05, 3.63) is 30.3 Å². The third-order valence-electron chi connectivity index (χ3n) is 1.64. The van der Waals surface area contributed by atoms with Crippen LogP contribution in [-0.4, -0.2) is 29.2 Å². The van der Waals surface area contributed by atoms with Gasteiger partial charge in [-0.25, -0.2) is 4.79 Å². The maximum atomic E-state index is 11.2. The lowest BCUT2D eigenvalue weighted by Crippen LogP contribution is -2.45. The number of esters is 1. The summed E-state index contributed by atoms with van der Waals surface area (Å²) in [6.07, 6.45) is -0.351. The average molecular weight is 208 g/mol. The highest BCUT2D eigenvalue weighted by atomic mass is 16.6. The molecular weight excluding hydrogens is 200 g/mol.